The molecule has 4 rings (SSSR count). The molecule has 2 heterocycles. The number of nitrogens with one attached hydrogen (secondary N) is 3. The number of hydrogen-bond donors (Lipinski definition) is 4. The Labute approximate surface area is 232 Å². The van der Waals surface area contributed by atoms with Crippen LogP contribution in [0.1, 0.15) is 62.6 Å². The fourth-order valence-electron chi connectivity index (χ4n) is 4.67. The number of aromatic amines is 1. The second kappa shape index (κ2) is 12.4. The molecular weight excluding hydrogens is 512 g/mol. The highest BCUT2D eigenvalue weighted by Crippen LogP contribution is 2.37. The lowest BCUT2D eigenvalue weighted by molar-refractivity contribution is -0.110. The standard InChI is InChI=1S/C30H34N4O4S/c1-5-34(6-2)14-13-31-29(36)27-18(3)26(32-19(27)4)16-24-23-15-22(11-12-25(23)33-28(24)35)39-17-20-7-9-21(10-8-20)30(37)38/h7-12,15-16,32H,5-6,13-14,17H2,1-4H3,(H,31,36)(H,33,35)(H,37,38)/b24-16-. The van der Waals surface area contributed by atoms with E-state index in [1.54, 1.807) is 23.9 Å². The summed E-state index contributed by atoms with van der Waals surface area (Å²) in [6, 6.07) is 12.7. The lowest BCUT2D eigenvalue weighted by Gasteiger charge is -2.18. The monoisotopic (exact) mass is 546 g/mol. The molecule has 0 saturated heterocycles. The van der Waals surface area contributed by atoms with E-state index in [1.165, 1.54) is 0 Å². The summed E-state index contributed by atoms with van der Waals surface area (Å²) in [5.74, 6) is -0.585. The quantitative estimate of drug-likeness (QED) is 0.195. The van der Waals surface area contributed by atoms with Crippen LogP contribution in [-0.4, -0.2) is 59.0 Å². The van der Waals surface area contributed by atoms with Crippen LogP contribution in [0.3, 0.4) is 0 Å². The number of carbonyl (C=O) groups excluding carboxylic acids is 2. The van der Waals surface area contributed by atoms with E-state index in [1.807, 2.05) is 50.3 Å². The van der Waals surface area contributed by atoms with Gasteiger partial charge in [0.1, 0.15) is 0 Å². The largest absolute Gasteiger partial charge is 0.478 e. The number of aromatic carboxylic acids is 1. The van der Waals surface area contributed by atoms with E-state index in [9.17, 15) is 14.4 Å². The van der Waals surface area contributed by atoms with Crippen LogP contribution < -0.4 is 10.6 Å². The molecule has 3 aromatic rings. The van der Waals surface area contributed by atoms with Gasteiger partial charge in [0.15, 0.2) is 0 Å². The smallest absolute Gasteiger partial charge is 0.335 e. The first kappa shape index (κ1) is 28.2. The third-order valence-electron chi connectivity index (χ3n) is 6.98. The van der Waals surface area contributed by atoms with Crippen LogP contribution in [0.4, 0.5) is 5.69 Å². The molecule has 0 spiro atoms. The van der Waals surface area contributed by atoms with E-state index in [0.717, 1.165) is 58.3 Å². The second-order valence-corrected chi connectivity index (χ2v) is 10.5. The van der Waals surface area contributed by atoms with Crippen molar-refractivity contribution in [1.82, 2.24) is 15.2 Å². The molecule has 1 aliphatic heterocycles. The highest BCUT2D eigenvalue weighted by Gasteiger charge is 2.26. The molecule has 2 amide bonds. The average Bonchev–Trinajstić information content (AvgIpc) is 3.39. The van der Waals surface area contributed by atoms with Crippen LogP contribution in [0.5, 0.6) is 0 Å². The van der Waals surface area contributed by atoms with Crippen molar-refractivity contribution < 1.29 is 19.5 Å². The minimum absolute atomic E-state index is 0.121. The van der Waals surface area contributed by atoms with Gasteiger partial charge in [-0.3, -0.25) is 9.59 Å². The van der Waals surface area contributed by atoms with Crippen molar-refractivity contribution >= 4 is 46.9 Å². The number of carbonyl (C=O) groups is 3. The number of rotatable bonds is 11. The molecule has 1 aromatic heterocycles. The number of nitrogens with zero attached hydrogens (tertiary/aromatic N) is 1. The molecule has 0 aliphatic carbocycles. The first-order chi connectivity index (χ1) is 18.7. The number of fused-ring (bicyclic) bond motifs is 1. The average molecular weight is 547 g/mol. The molecule has 0 saturated carbocycles. The molecule has 0 radical (unpaired) electrons. The van der Waals surface area contributed by atoms with Gasteiger partial charge in [-0.2, -0.15) is 0 Å². The Kier molecular flexibility index (Phi) is 8.93. The predicted octanol–water partition coefficient (Wildman–Crippen LogP) is 5.19. The molecule has 8 nitrogen and oxygen atoms in total. The molecule has 9 heteroatoms. The van der Waals surface area contributed by atoms with Gasteiger partial charge in [0.25, 0.3) is 11.8 Å². The molecule has 4 N–H and O–H groups in total. The first-order valence-electron chi connectivity index (χ1n) is 13.0. The van der Waals surface area contributed by atoms with Crippen LogP contribution >= 0.6 is 11.8 Å². The number of amides is 2. The summed E-state index contributed by atoms with van der Waals surface area (Å²) in [5.41, 5.74) is 6.27. The van der Waals surface area contributed by atoms with Gasteiger partial charge in [-0.25, -0.2) is 4.79 Å². The van der Waals surface area contributed by atoms with Gasteiger partial charge < -0.3 is 25.6 Å². The molecular formula is C30H34N4O4S. The fourth-order valence-corrected chi connectivity index (χ4v) is 5.56. The summed E-state index contributed by atoms with van der Waals surface area (Å²) < 4.78 is 0. The third-order valence-corrected chi connectivity index (χ3v) is 8.05. The Morgan fingerprint density at radius 1 is 1.08 bits per heavy atom. The number of aryl methyl sites for hydroxylation is 1. The number of benzene rings is 2. The summed E-state index contributed by atoms with van der Waals surface area (Å²) in [7, 11) is 0. The number of likely N-dealkylation sites (N-methyl/N-ethyl adjacent to an activating group) is 1. The molecule has 0 unspecified atom stereocenters. The second-order valence-electron chi connectivity index (χ2n) is 9.46. The van der Waals surface area contributed by atoms with E-state index >= 15 is 0 Å². The highest BCUT2D eigenvalue weighted by atomic mass is 32.2. The first-order valence-corrected chi connectivity index (χ1v) is 14.0. The van der Waals surface area contributed by atoms with E-state index < -0.39 is 5.97 Å². The van der Waals surface area contributed by atoms with Crippen molar-refractivity contribution in [3.05, 3.63) is 81.7 Å². The Morgan fingerprint density at radius 2 is 1.79 bits per heavy atom. The Balaban J connectivity index is 1.51. The van der Waals surface area contributed by atoms with Crippen molar-refractivity contribution in [2.75, 3.05) is 31.5 Å². The molecule has 2 aromatic carbocycles. The maximum Gasteiger partial charge on any atom is 0.335 e. The predicted molar refractivity (Wildman–Crippen MR) is 156 cm³/mol. The van der Waals surface area contributed by atoms with E-state index in [0.29, 0.717) is 23.4 Å². The van der Waals surface area contributed by atoms with Crippen LogP contribution in [0.25, 0.3) is 11.6 Å². The van der Waals surface area contributed by atoms with Gasteiger partial charge in [-0.15, -0.1) is 11.8 Å². The summed E-state index contributed by atoms with van der Waals surface area (Å²) in [4.78, 5) is 43.5. The molecule has 0 fully saturated rings. The normalized spacial score (nSPS) is 13.6. The van der Waals surface area contributed by atoms with E-state index in [-0.39, 0.29) is 17.4 Å². The lowest BCUT2D eigenvalue weighted by Crippen LogP contribution is -2.35. The molecule has 204 valence electrons. The number of hydrogen-bond acceptors (Lipinski definition) is 5. The van der Waals surface area contributed by atoms with Crippen molar-refractivity contribution in [3.63, 3.8) is 0 Å². The van der Waals surface area contributed by atoms with E-state index in [2.05, 4.69) is 34.4 Å². The van der Waals surface area contributed by atoms with Gasteiger partial charge in [0.2, 0.25) is 0 Å². The maximum absolute atomic E-state index is 13.0. The topological polar surface area (TPSA) is 115 Å². The zero-order valence-electron chi connectivity index (χ0n) is 22.7. The zero-order chi connectivity index (χ0) is 28.1. The van der Waals surface area contributed by atoms with Crippen molar-refractivity contribution in [3.8, 4) is 0 Å². The lowest BCUT2D eigenvalue weighted by atomic mass is 10.0. The fraction of sp³-hybridized carbons (Fsp3) is 0.300. The molecule has 0 atom stereocenters. The van der Waals surface area contributed by atoms with Gasteiger partial charge in [-0.1, -0.05) is 26.0 Å². The number of aromatic nitrogens is 1. The van der Waals surface area contributed by atoms with E-state index in [4.69, 9.17) is 5.11 Å². The zero-order valence-corrected chi connectivity index (χ0v) is 23.5. The number of thioether (sulfide) groups is 1. The Morgan fingerprint density at radius 3 is 2.46 bits per heavy atom. The number of carboxylic acids is 1. The van der Waals surface area contributed by atoms with Gasteiger partial charge >= 0.3 is 5.97 Å². The van der Waals surface area contributed by atoms with Crippen LogP contribution in [0.2, 0.25) is 0 Å². The highest BCUT2D eigenvalue weighted by molar-refractivity contribution is 7.98. The minimum Gasteiger partial charge on any atom is -0.478 e. The number of H-pyrrole nitrogens is 1. The molecule has 39 heavy (non-hydrogen) atoms. The number of carboxylic acid groups (broad SMARTS) is 1. The summed E-state index contributed by atoms with van der Waals surface area (Å²) in [6.45, 7) is 11.2. The van der Waals surface area contributed by atoms with Crippen molar-refractivity contribution in [2.45, 2.75) is 38.3 Å². The Bertz CT molecular complexity index is 1420. The summed E-state index contributed by atoms with van der Waals surface area (Å²) in [5, 5.41) is 15.0. The molecule has 0 bridgehead atoms. The van der Waals surface area contributed by atoms with Crippen LogP contribution in [0, 0.1) is 13.8 Å². The van der Waals surface area contributed by atoms with Gasteiger partial charge in [0, 0.05) is 46.4 Å². The van der Waals surface area contributed by atoms with Crippen LogP contribution in [-0.2, 0) is 10.5 Å². The third kappa shape index (κ3) is 6.43. The van der Waals surface area contributed by atoms with Crippen molar-refractivity contribution in [1.29, 1.82) is 0 Å². The minimum atomic E-state index is -0.945. The van der Waals surface area contributed by atoms with Crippen LogP contribution in [0.15, 0.2) is 47.4 Å². The van der Waals surface area contributed by atoms with Gasteiger partial charge in [0.05, 0.1) is 16.7 Å². The summed E-state index contributed by atoms with van der Waals surface area (Å²) >= 11 is 1.61. The summed E-state index contributed by atoms with van der Waals surface area (Å²) in [6.07, 6.45) is 1.81. The molecule has 1 aliphatic rings. The van der Waals surface area contributed by atoms with Crippen molar-refractivity contribution in [2.24, 2.45) is 0 Å². The Hall–Kier alpha value is -3.82. The number of anilines is 1. The SMILES string of the molecule is CCN(CC)CCNC(=O)c1c(C)[nH]c(/C=C2\C(=O)Nc3ccc(SCc4ccc(C(=O)O)cc4)cc32)c1C. The van der Waals surface area contributed by atoms with Gasteiger partial charge in [-0.05, 0) is 74.5 Å². The maximum atomic E-state index is 13.0.